The zero-order valence-corrected chi connectivity index (χ0v) is 9.81. The quantitative estimate of drug-likeness (QED) is 0.767. The van der Waals surface area contributed by atoms with E-state index in [1.807, 2.05) is 30.3 Å². The van der Waals surface area contributed by atoms with Gasteiger partial charge in [0.05, 0.1) is 17.8 Å². The molecule has 0 aliphatic rings. The Hall–Kier alpha value is -2.01. The summed E-state index contributed by atoms with van der Waals surface area (Å²) in [6.07, 6.45) is 1.67. The van der Waals surface area contributed by atoms with Crippen molar-refractivity contribution in [1.82, 2.24) is 14.6 Å². The van der Waals surface area contributed by atoms with Crippen molar-refractivity contribution in [2.24, 2.45) is 0 Å². The van der Waals surface area contributed by atoms with Crippen LogP contribution in [0.3, 0.4) is 0 Å². The molecule has 0 aliphatic heterocycles. The van der Waals surface area contributed by atoms with E-state index in [-0.39, 0.29) is 0 Å². The summed E-state index contributed by atoms with van der Waals surface area (Å²) in [6, 6.07) is 11.9. The first-order chi connectivity index (χ1) is 8.43. The number of nitrogens with one attached hydrogen (secondary N) is 1. The number of rotatable bonds is 3. The molecule has 2 aromatic heterocycles. The van der Waals surface area contributed by atoms with Gasteiger partial charge in [-0.05, 0) is 35.8 Å². The summed E-state index contributed by atoms with van der Waals surface area (Å²) in [4.78, 5) is 0. The predicted molar refractivity (Wildman–Crippen MR) is 69.0 cm³/mol. The summed E-state index contributed by atoms with van der Waals surface area (Å²) >= 11 is 1.47. The third-order valence-corrected chi connectivity index (χ3v) is 3.28. The summed E-state index contributed by atoms with van der Waals surface area (Å²) < 4.78 is 4.37. The van der Waals surface area contributed by atoms with Crippen LogP contribution in [0, 0.1) is 0 Å². The highest BCUT2D eigenvalue weighted by molar-refractivity contribution is 7.11. The van der Waals surface area contributed by atoms with Gasteiger partial charge in [0.15, 0.2) is 0 Å². The fraction of sp³-hybridized carbons (Fsp3) is 0.0833. The second-order valence-electron chi connectivity index (χ2n) is 3.60. The summed E-state index contributed by atoms with van der Waals surface area (Å²) in [5.41, 5.74) is 1.95. The van der Waals surface area contributed by atoms with Crippen molar-refractivity contribution in [3.8, 4) is 0 Å². The van der Waals surface area contributed by atoms with Gasteiger partial charge in [-0.2, -0.15) is 14.6 Å². The van der Waals surface area contributed by atoms with Crippen molar-refractivity contribution in [2.45, 2.75) is 6.54 Å². The third-order valence-electron chi connectivity index (χ3n) is 2.44. The first-order valence-electron chi connectivity index (χ1n) is 5.28. The number of benzene rings is 1. The lowest BCUT2D eigenvalue weighted by Crippen LogP contribution is -2.00. The topological polar surface area (TPSA) is 50.7 Å². The fourth-order valence-electron chi connectivity index (χ4n) is 1.62. The lowest BCUT2D eigenvalue weighted by molar-refractivity contribution is 0.927. The van der Waals surface area contributed by atoms with E-state index < -0.39 is 0 Å². The Morgan fingerprint density at radius 1 is 1.12 bits per heavy atom. The zero-order valence-electron chi connectivity index (χ0n) is 9.00. The molecule has 0 radical (unpaired) electrons. The second kappa shape index (κ2) is 4.47. The molecule has 2 heterocycles. The molecule has 0 fully saturated rings. The number of hydrogen-bond donors (Lipinski definition) is 1. The van der Waals surface area contributed by atoms with Crippen molar-refractivity contribution in [3.63, 3.8) is 0 Å². The Balaban J connectivity index is 1.82. The van der Waals surface area contributed by atoms with Crippen molar-refractivity contribution in [3.05, 3.63) is 48.3 Å². The highest BCUT2D eigenvalue weighted by Crippen LogP contribution is 2.27. The van der Waals surface area contributed by atoms with Crippen molar-refractivity contribution < 1.29 is 0 Å². The molecular formula is C12H10N4S. The fourth-order valence-corrected chi connectivity index (χ4v) is 2.37. The largest absolute Gasteiger partial charge is 0.369 e. The summed E-state index contributed by atoms with van der Waals surface area (Å²) in [7, 11) is 0. The molecule has 0 amide bonds. The average molecular weight is 242 g/mol. The van der Waals surface area contributed by atoms with Crippen LogP contribution in [0.25, 0.3) is 10.9 Å². The molecular weight excluding hydrogens is 232 g/mol. The van der Waals surface area contributed by atoms with Crippen molar-refractivity contribution in [1.29, 1.82) is 0 Å². The minimum atomic E-state index is 0.667. The van der Waals surface area contributed by atoms with Crippen LogP contribution >= 0.6 is 11.5 Å². The number of fused-ring (bicyclic) bond motifs is 1. The lowest BCUT2D eigenvalue weighted by atomic mass is 10.2. The van der Waals surface area contributed by atoms with E-state index in [0.717, 1.165) is 21.6 Å². The van der Waals surface area contributed by atoms with Crippen LogP contribution in [0.5, 0.6) is 0 Å². The van der Waals surface area contributed by atoms with Gasteiger partial charge in [0.2, 0.25) is 0 Å². The van der Waals surface area contributed by atoms with E-state index in [4.69, 9.17) is 0 Å². The molecule has 0 unspecified atom stereocenters. The molecule has 17 heavy (non-hydrogen) atoms. The minimum Gasteiger partial charge on any atom is -0.369 e. The van der Waals surface area contributed by atoms with E-state index in [9.17, 15) is 0 Å². The molecule has 0 bridgehead atoms. The van der Waals surface area contributed by atoms with Crippen LogP contribution in [0.15, 0.2) is 42.6 Å². The van der Waals surface area contributed by atoms with Crippen molar-refractivity contribution in [2.75, 3.05) is 5.32 Å². The molecule has 0 saturated heterocycles. The number of aromatic nitrogens is 3. The van der Waals surface area contributed by atoms with E-state index in [1.165, 1.54) is 11.5 Å². The Morgan fingerprint density at radius 3 is 2.94 bits per heavy atom. The highest BCUT2D eigenvalue weighted by Gasteiger charge is 2.04. The SMILES string of the molecule is c1cnnc(CNc2snc3ccccc23)c1. The predicted octanol–water partition coefficient (Wildman–Crippen LogP) is 2.70. The van der Waals surface area contributed by atoms with Crippen LogP contribution in [-0.2, 0) is 6.54 Å². The number of anilines is 1. The minimum absolute atomic E-state index is 0.667. The second-order valence-corrected chi connectivity index (χ2v) is 4.37. The molecule has 0 atom stereocenters. The van der Waals surface area contributed by atoms with E-state index in [1.54, 1.807) is 6.20 Å². The average Bonchev–Trinajstić information content (AvgIpc) is 2.81. The van der Waals surface area contributed by atoms with Gasteiger partial charge in [0, 0.05) is 11.6 Å². The van der Waals surface area contributed by atoms with Crippen LogP contribution in [-0.4, -0.2) is 14.6 Å². The molecule has 0 spiro atoms. The lowest BCUT2D eigenvalue weighted by Gasteiger charge is -2.02. The van der Waals surface area contributed by atoms with E-state index in [2.05, 4.69) is 26.0 Å². The Morgan fingerprint density at radius 2 is 2.06 bits per heavy atom. The Bertz CT molecular complexity index is 620. The summed E-state index contributed by atoms with van der Waals surface area (Å²) in [5, 5.41) is 13.4. The normalized spacial score (nSPS) is 10.6. The van der Waals surface area contributed by atoms with Gasteiger partial charge >= 0.3 is 0 Å². The van der Waals surface area contributed by atoms with Crippen LogP contribution < -0.4 is 5.32 Å². The van der Waals surface area contributed by atoms with E-state index >= 15 is 0 Å². The van der Waals surface area contributed by atoms with Crippen LogP contribution in [0.4, 0.5) is 5.00 Å². The molecule has 1 aromatic carbocycles. The zero-order chi connectivity index (χ0) is 11.5. The molecule has 3 aromatic rings. The molecule has 0 saturated carbocycles. The van der Waals surface area contributed by atoms with Gasteiger partial charge in [-0.25, -0.2) is 0 Å². The van der Waals surface area contributed by atoms with Gasteiger partial charge < -0.3 is 5.32 Å². The van der Waals surface area contributed by atoms with Crippen LogP contribution in [0.2, 0.25) is 0 Å². The highest BCUT2D eigenvalue weighted by atomic mass is 32.1. The van der Waals surface area contributed by atoms with Crippen LogP contribution in [0.1, 0.15) is 5.69 Å². The number of hydrogen-bond acceptors (Lipinski definition) is 5. The van der Waals surface area contributed by atoms with Crippen molar-refractivity contribution >= 4 is 27.4 Å². The maximum atomic E-state index is 4.37. The van der Waals surface area contributed by atoms with Gasteiger partial charge in [0.25, 0.3) is 0 Å². The molecule has 1 N–H and O–H groups in total. The maximum absolute atomic E-state index is 4.37. The molecule has 0 aliphatic carbocycles. The monoisotopic (exact) mass is 242 g/mol. The first-order valence-corrected chi connectivity index (χ1v) is 6.06. The van der Waals surface area contributed by atoms with Gasteiger partial charge in [0.1, 0.15) is 5.00 Å². The Labute approximate surface area is 102 Å². The molecule has 4 nitrogen and oxygen atoms in total. The molecule has 5 heteroatoms. The molecule has 3 rings (SSSR count). The smallest absolute Gasteiger partial charge is 0.117 e. The van der Waals surface area contributed by atoms with E-state index in [0.29, 0.717) is 6.54 Å². The number of nitrogens with zero attached hydrogens (tertiary/aromatic N) is 3. The van der Waals surface area contributed by atoms with Gasteiger partial charge in [-0.15, -0.1) is 0 Å². The third kappa shape index (κ3) is 2.09. The first kappa shape index (κ1) is 10.2. The maximum Gasteiger partial charge on any atom is 0.117 e. The summed E-state index contributed by atoms with van der Waals surface area (Å²) in [5.74, 6) is 0. The standard InChI is InChI=1S/C12H10N4S/c1-2-6-11-10(5-1)12(17-16-11)13-8-9-4-3-7-14-15-9/h1-7,13H,8H2. The van der Waals surface area contributed by atoms with Gasteiger partial charge in [-0.3, -0.25) is 0 Å². The summed E-state index contributed by atoms with van der Waals surface area (Å²) in [6.45, 7) is 0.667. The molecule has 84 valence electrons. The Kier molecular flexibility index (Phi) is 2.67. The van der Waals surface area contributed by atoms with Gasteiger partial charge in [-0.1, -0.05) is 12.1 Å².